The molecule has 0 saturated heterocycles. The van der Waals surface area contributed by atoms with Gasteiger partial charge in [0, 0.05) is 26.2 Å². The Kier molecular flexibility index (Phi) is 10.6. The van der Waals surface area contributed by atoms with Gasteiger partial charge in [0.1, 0.15) is 18.2 Å². The van der Waals surface area contributed by atoms with Gasteiger partial charge in [-0.15, -0.1) is 0 Å². The topological polar surface area (TPSA) is 79.0 Å². The molecule has 10 heteroatoms. The summed E-state index contributed by atoms with van der Waals surface area (Å²) >= 11 is 0. The fraction of sp³-hybridized carbons (Fsp3) is 0.519. The molecular weight excluding hydrogens is 500 g/mol. The predicted octanol–water partition coefficient (Wildman–Crippen LogP) is 3.83. The lowest BCUT2D eigenvalue weighted by Gasteiger charge is -2.37. The largest absolute Gasteiger partial charge is 0.370 e. The maximum absolute atomic E-state index is 13.8. The number of ether oxygens (including phenoxy) is 1. The van der Waals surface area contributed by atoms with Crippen molar-refractivity contribution < 1.29 is 26.7 Å². The van der Waals surface area contributed by atoms with E-state index in [1.807, 2.05) is 20.2 Å². The maximum Gasteiger partial charge on any atom is 0.246 e. The first-order valence-corrected chi connectivity index (χ1v) is 14.0. The zero-order valence-corrected chi connectivity index (χ0v) is 22.5. The van der Waals surface area contributed by atoms with Crippen molar-refractivity contribution in [2.45, 2.75) is 36.6 Å². The molecule has 1 aliphatic rings. The van der Waals surface area contributed by atoms with Gasteiger partial charge in [-0.1, -0.05) is 12.1 Å². The van der Waals surface area contributed by atoms with Crippen LogP contribution in [-0.2, 0) is 19.6 Å². The quantitative estimate of drug-likeness (QED) is 0.417. The van der Waals surface area contributed by atoms with Crippen LogP contribution in [0.15, 0.2) is 53.4 Å². The van der Waals surface area contributed by atoms with Gasteiger partial charge in [0.15, 0.2) is 0 Å². The minimum Gasteiger partial charge on any atom is -0.370 e. The Morgan fingerprint density at radius 1 is 1.03 bits per heavy atom. The van der Waals surface area contributed by atoms with E-state index in [0.717, 1.165) is 47.7 Å². The molecule has 37 heavy (non-hydrogen) atoms. The van der Waals surface area contributed by atoms with Crippen molar-refractivity contribution in [2.75, 3.05) is 47.4 Å². The zero-order valence-electron chi connectivity index (χ0n) is 21.7. The van der Waals surface area contributed by atoms with Gasteiger partial charge >= 0.3 is 0 Å². The summed E-state index contributed by atoms with van der Waals surface area (Å²) in [6.45, 7) is 0.541. The average Bonchev–Trinajstić information content (AvgIpc) is 2.86. The second-order valence-corrected chi connectivity index (χ2v) is 11.9. The van der Waals surface area contributed by atoms with Crippen LogP contribution in [0.4, 0.5) is 8.78 Å². The summed E-state index contributed by atoms with van der Waals surface area (Å²) in [5.74, 6) is -0.162. The van der Waals surface area contributed by atoms with Crippen molar-refractivity contribution in [3.63, 3.8) is 0 Å². The Labute approximate surface area is 218 Å². The van der Waals surface area contributed by atoms with Gasteiger partial charge in [-0.05, 0) is 93.6 Å². The molecule has 1 unspecified atom stereocenters. The third kappa shape index (κ3) is 8.29. The summed E-state index contributed by atoms with van der Waals surface area (Å²) in [4.78, 5) is 14.4. The fourth-order valence-corrected chi connectivity index (χ4v) is 6.12. The summed E-state index contributed by atoms with van der Waals surface area (Å²) < 4.78 is 58.3. The summed E-state index contributed by atoms with van der Waals surface area (Å²) in [6.07, 6.45) is 3.98. The summed E-state index contributed by atoms with van der Waals surface area (Å²) in [5.41, 5.74) is 0.995. The number of carbonyl (C=O) groups is 1. The third-order valence-corrected chi connectivity index (χ3v) is 8.85. The van der Waals surface area contributed by atoms with Crippen LogP contribution in [0, 0.1) is 23.5 Å². The van der Waals surface area contributed by atoms with E-state index in [0.29, 0.717) is 18.4 Å². The molecule has 2 aromatic carbocycles. The van der Waals surface area contributed by atoms with E-state index in [9.17, 15) is 22.0 Å². The molecule has 1 atom stereocenters. The van der Waals surface area contributed by atoms with Gasteiger partial charge in [0.05, 0.1) is 11.5 Å². The highest BCUT2D eigenvalue weighted by Gasteiger charge is 2.30. The number of amides is 1. The molecule has 1 N–H and O–H groups in total. The first kappa shape index (κ1) is 29.2. The number of sulfonamides is 1. The van der Waals surface area contributed by atoms with E-state index in [1.165, 1.54) is 25.2 Å². The number of hydrogen-bond acceptors (Lipinski definition) is 5. The van der Waals surface area contributed by atoms with Crippen molar-refractivity contribution in [3.8, 4) is 0 Å². The smallest absolute Gasteiger partial charge is 0.246 e. The van der Waals surface area contributed by atoms with Crippen LogP contribution < -0.4 is 5.32 Å². The number of nitrogens with zero attached hydrogens (tertiary/aromatic N) is 2. The first-order chi connectivity index (χ1) is 17.6. The van der Waals surface area contributed by atoms with E-state index in [1.54, 1.807) is 12.1 Å². The lowest BCUT2D eigenvalue weighted by atomic mass is 9.76. The van der Waals surface area contributed by atoms with Gasteiger partial charge < -0.3 is 15.0 Å². The van der Waals surface area contributed by atoms with Gasteiger partial charge in [-0.3, -0.25) is 4.79 Å². The minimum absolute atomic E-state index is 0.00306. The Balaban J connectivity index is 1.35. The number of rotatable bonds is 12. The van der Waals surface area contributed by atoms with Crippen LogP contribution in [0.2, 0.25) is 0 Å². The van der Waals surface area contributed by atoms with Gasteiger partial charge in [-0.25, -0.2) is 17.2 Å². The van der Waals surface area contributed by atoms with E-state index in [4.69, 9.17) is 4.74 Å². The molecule has 0 aromatic heterocycles. The van der Waals surface area contributed by atoms with Crippen molar-refractivity contribution in [3.05, 3.63) is 65.7 Å². The average molecular weight is 538 g/mol. The number of nitrogens with one attached hydrogen (secondary N) is 1. The number of benzene rings is 2. The third-order valence-electron chi connectivity index (χ3n) is 6.98. The summed E-state index contributed by atoms with van der Waals surface area (Å²) in [5, 5.41) is 2.92. The lowest BCUT2D eigenvalue weighted by Crippen LogP contribution is -2.36. The molecule has 1 saturated carbocycles. The molecule has 3 rings (SSSR count). The van der Waals surface area contributed by atoms with Crippen LogP contribution in [-0.4, -0.2) is 71.0 Å². The fourth-order valence-electron chi connectivity index (χ4n) is 4.96. The molecule has 1 amide bonds. The van der Waals surface area contributed by atoms with Crippen LogP contribution in [0.1, 0.15) is 37.3 Å². The highest BCUT2D eigenvalue weighted by atomic mass is 32.2. The summed E-state index contributed by atoms with van der Waals surface area (Å²) in [6, 6.07) is 11.6. The Morgan fingerprint density at radius 2 is 1.70 bits per heavy atom. The molecule has 0 aliphatic heterocycles. The molecule has 1 fully saturated rings. The minimum atomic E-state index is -3.75. The molecule has 0 heterocycles. The molecule has 0 spiro atoms. The second-order valence-electron chi connectivity index (χ2n) is 9.88. The Hall–Kier alpha value is -2.40. The highest BCUT2D eigenvalue weighted by Crippen LogP contribution is 2.39. The standard InChI is InChI=1S/C27H37F2N3O4S/c1-31(2)27(22-5-4-6-24(29)17-22)21-9-7-20(8-10-21)18-30-26(33)19-36-16-15-32(3)37(34,35)25-13-11-23(28)12-14-25/h4-6,11-14,17,20-21,27H,7-10,15-16,18-19H2,1-3H3,(H,30,33). The van der Waals surface area contributed by atoms with Crippen LogP contribution in [0.5, 0.6) is 0 Å². The normalized spacial score (nSPS) is 19.2. The molecule has 7 nitrogen and oxygen atoms in total. The maximum atomic E-state index is 13.8. The first-order valence-electron chi connectivity index (χ1n) is 12.6. The van der Waals surface area contributed by atoms with Gasteiger partial charge in [-0.2, -0.15) is 4.31 Å². The van der Waals surface area contributed by atoms with Gasteiger partial charge in [0.2, 0.25) is 15.9 Å². The number of likely N-dealkylation sites (N-methyl/N-ethyl adjacent to an activating group) is 1. The number of hydrogen-bond donors (Lipinski definition) is 1. The van der Waals surface area contributed by atoms with Crippen molar-refractivity contribution >= 4 is 15.9 Å². The van der Waals surface area contributed by atoms with E-state index >= 15 is 0 Å². The molecule has 1 aliphatic carbocycles. The Morgan fingerprint density at radius 3 is 2.32 bits per heavy atom. The summed E-state index contributed by atoms with van der Waals surface area (Å²) in [7, 11) is 1.71. The van der Waals surface area contributed by atoms with E-state index < -0.39 is 15.8 Å². The van der Waals surface area contributed by atoms with Crippen LogP contribution in [0.25, 0.3) is 0 Å². The molecular formula is C27H37F2N3O4S. The van der Waals surface area contributed by atoms with Crippen LogP contribution >= 0.6 is 0 Å². The number of carbonyl (C=O) groups excluding carboxylic acids is 1. The monoisotopic (exact) mass is 537 g/mol. The SMILES string of the molecule is CN(C)C(c1cccc(F)c1)C1CCC(CNC(=O)COCCN(C)S(=O)(=O)c2ccc(F)cc2)CC1. The van der Waals surface area contributed by atoms with Crippen LogP contribution in [0.3, 0.4) is 0 Å². The van der Waals surface area contributed by atoms with Crippen molar-refractivity contribution in [1.82, 2.24) is 14.5 Å². The molecule has 204 valence electrons. The number of halogens is 2. The molecule has 0 radical (unpaired) electrons. The molecule has 2 aromatic rings. The van der Waals surface area contributed by atoms with Gasteiger partial charge in [0.25, 0.3) is 0 Å². The van der Waals surface area contributed by atoms with E-state index in [2.05, 4.69) is 10.2 Å². The zero-order chi connectivity index (χ0) is 27.0. The van der Waals surface area contributed by atoms with Crippen molar-refractivity contribution in [2.24, 2.45) is 11.8 Å². The predicted molar refractivity (Wildman–Crippen MR) is 138 cm³/mol. The molecule has 0 bridgehead atoms. The Bertz CT molecular complexity index is 1120. The second kappa shape index (κ2) is 13.4. The lowest BCUT2D eigenvalue weighted by molar-refractivity contribution is -0.126. The van der Waals surface area contributed by atoms with E-state index in [-0.39, 0.29) is 42.4 Å². The highest BCUT2D eigenvalue weighted by molar-refractivity contribution is 7.89. The van der Waals surface area contributed by atoms with Crippen molar-refractivity contribution in [1.29, 1.82) is 0 Å².